The van der Waals surface area contributed by atoms with E-state index in [2.05, 4.69) is 51.7 Å². The molecule has 2 aromatic carbocycles. The van der Waals surface area contributed by atoms with Crippen LogP contribution in [-0.2, 0) is 13.1 Å². The maximum absolute atomic E-state index is 12.3. The maximum Gasteiger partial charge on any atom is 0.272 e. The Kier molecular flexibility index (Phi) is 8.64. The highest BCUT2D eigenvalue weighted by molar-refractivity contribution is 5.80. The predicted molar refractivity (Wildman–Crippen MR) is 121 cm³/mol. The van der Waals surface area contributed by atoms with Gasteiger partial charge < -0.3 is 15.4 Å². The second-order valence-electron chi connectivity index (χ2n) is 7.95. The van der Waals surface area contributed by atoms with E-state index in [9.17, 15) is 8.78 Å². The molecular weight excluding hydrogens is 398 g/mol. The Balaban J connectivity index is 1.46. The topological polar surface area (TPSA) is 48.9 Å². The first-order valence-corrected chi connectivity index (χ1v) is 10.8. The molecule has 2 unspecified atom stereocenters. The maximum atomic E-state index is 12.3. The SMILES string of the molecule is CN=C(NCc1cccc(OCC(F)F)c1)NC1CCN(Cc2ccccc2)C(C)C1. The third kappa shape index (κ3) is 7.51. The van der Waals surface area contributed by atoms with Crippen molar-refractivity contribution in [3.05, 3.63) is 65.7 Å². The van der Waals surface area contributed by atoms with Crippen LogP contribution in [0.25, 0.3) is 0 Å². The number of nitrogens with one attached hydrogen (secondary N) is 2. The van der Waals surface area contributed by atoms with Gasteiger partial charge in [0, 0.05) is 38.8 Å². The molecule has 7 heteroatoms. The van der Waals surface area contributed by atoms with Gasteiger partial charge in [-0.25, -0.2) is 8.78 Å². The van der Waals surface area contributed by atoms with Gasteiger partial charge >= 0.3 is 0 Å². The van der Waals surface area contributed by atoms with Crippen LogP contribution >= 0.6 is 0 Å². The second-order valence-corrected chi connectivity index (χ2v) is 7.95. The van der Waals surface area contributed by atoms with Crippen molar-refractivity contribution in [1.82, 2.24) is 15.5 Å². The van der Waals surface area contributed by atoms with Gasteiger partial charge in [0.2, 0.25) is 0 Å². The van der Waals surface area contributed by atoms with E-state index in [4.69, 9.17) is 4.74 Å². The fourth-order valence-corrected chi connectivity index (χ4v) is 3.88. The average molecular weight is 431 g/mol. The Morgan fingerprint density at radius 2 is 1.94 bits per heavy atom. The van der Waals surface area contributed by atoms with Crippen LogP contribution in [0.3, 0.4) is 0 Å². The minimum absolute atomic E-state index is 0.355. The lowest BCUT2D eigenvalue weighted by Crippen LogP contribution is -2.51. The van der Waals surface area contributed by atoms with Crippen molar-refractivity contribution >= 4 is 5.96 Å². The van der Waals surface area contributed by atoms with Crippen LogP contribution in [0.2, 0.25) is 0 Å². The summed E-state index contributed by atoms with van der Waals surface area (Å²) in [4.78, 5) is 6.86. The van der Waals surface area contributed by atoms with Crippen molar-refractivity contribution in [3.63, 3.8) is 0 Å². The first-order chi connectivity index (χ1) is 15.0. The molecule has 1 saturated heterocycles. The van der Waals surface area contributed by atoms with Crippen molar-refractivity contribution in [1.29, 1.82) is 0 Å². The molecule has 2 atom stereocenters. The van der Waals surface area contributed by atoms with Crippen LogP contribution in [0.15, 0.2) is 59.6 Å². The zero-order valence-corrected chi connectivity index (χ0v) is 18.2. The van der Waals surface area contributed by atoms with E-state index in [-0.39, 0.29) is 0 Å². The highest BCUT2D eigenvalue weighted by Gasteiger charge is 2.25. The number of aliphatic imine (C=N–C) groups is 1. The quantitative estimate of drug-likeness (QED) is 0.490. The molecule has 0 radical (unpaired) electrons. The van der Waals surface area contributed by atoms with Gasteiger partial charge in [0.25, 0.3) is 6.43 Å². The lowest BCUT2D eigenvalue weighted by molar-refractivity contribution is 0.0818. The first-order valence-electron chi connectivity index (χ1n) is 10.8. The zero-order chi connectivity index (χ0) is 22.1. The van der Waals surface area contributed by atoms with Gasteiger partial charge in [0.1, 0.15) is 12.4 Å². The second kappa shape index (κ2) is 11.6. The van der Waals surface area contributed by atoms with E-state index in [1.54, 1.807) is 25.2 Å². The minimum atomic E-state index is -2.48. The number of rotatable bonds is 8. The lowest BCUT2D eigenvalue weighted by atomic mass is 9.97. The molecule has 0 bridgehead atoms. The number of piperidine rings is 1. The fraction of sp³-hybridized carbons (Fsp3) is 0.458. The molecule has 31 heavy (non-hydrogen) atoms. The molecule has 0 amide bonds. The Morgan fingerprint density at radius 3 is 2.65 bits per heavy atom. The summed E-state index contributed by atoms with van der Waals surface area (Å²) < 4.78 is 29.8. The molecule has 0 spiro atoms. The molecule has 5 nitrogen and oxygen atoms in total. The van der Waals surface area contributed by atoms with Crippen LogP contribution in [-0.4, -0.2) is 49.6 Å². The monoisotopic (exact) mass is 430 g/mol. The molecule has 0 aromatic heterocycles. The normalized spacial score (nSPS) is 20.0. The van der Waals surface area contributed by atoms with Crippen LogP contribution < -0.4 is 15.4 Å². The van der Waals surface area contributed by atoms with Crippen molar-refractivity contribution < 1.29 is 13.5 Å². The van der Waals surface area contributed by atoms with E-state index in [1.807, 2.05) is 12.1 Å². The number of hydrogen-bond donors (Lipinski definition) is 2. The summed E-state index contributed by atoms with van der Waals surface area (Å²) in [6.45, 7) is 4.23. The minimum Gasteiger partial charge on any atom is -0.488 e. The molecule has 168 valence electrons. The molecule has 1 aliphatic heterocycles. The first kappa shape index (κ1) is 23.0. The summed E-state index contributed by atoms with van der Waals surface area (Å²) in [5.41, 5.74) is 2.29. The Hall–Kier alpha value is -2.67. The van der Waals surface area contributed by atoms with Gasteiger partial charge in [0.05, 0.1) is 0 Å². The number of hydrogen-bond acceptors (Lipinski definition) is 3. The number of likely N-dealkylation sites (tertiary alicyclic amines) is 1. The highest BCUT2D eigenvalue weighted by atomic mass is 19.3. The zero-order valence-electron chi connectivity index (χ0n) is 18.2. The van der Waals surface area contributed by atoms with E-state index in [0.717, 1.165) is 37.5 Å². The molecule has 0 aliphatic carbocycles. The molecule has 3 rings (SSSR count). The number of halogens is 2. The molecular formula is C24H32F2N4O. The molecule has 1 aliphatic rings. The fourth-order valence-electron chi connectivity index (χ4n) is 3.88. The summed E-state index contributed by atoms with van der Waals surface area (Å²) in [6, 6.07) is 18.6. The van der Waals surface area contributed by atoms with E-state index < -0.39 is 13.0 Å². The number of alkyl halides is 2. The van der Waals surface area contributed by atoms with Crippen LogP contribution in [0, 0.1) is 0 Å². The summed E-state index contributed by atoms with van der Waals surface area (Å²) >= 11 is 0. The summed E-state index contributed by atoms with van der Waals surface area (Å²) in [7, 11) is 1.76. The molecule has 0 saturated carbocycles. The Bertz CT molecular complexity index is 831. The third-order valence-electron chi connectivity index (χ3n) is 5.54. The van der Waals surface area contributed by atoms with Gasteiger partial charge in [-0.1, -0.05) is 42.5 Å². The molecule has 2 aromatic rings. The molecule has 1 fully saturated rings. The van der Waals surface area contributed by atoms with E-state index in [1.165, 1.54) is 5.56 Å². The van der Waals surface area contributed by atoms with Gasteiger partial charge in [0.15, 0.2) is 5.96 Å². The van der Waals surface area contributed by atoms with Crippen molar-refractivity contribution in [2.45, 2.75) is 51.4 Å². The summed E-state index contributed by atoms with van der Waals surface area (Å²) in [5.74, 6) is 1.19. The van der Waals surface area contributed by atoms with Crippen LogP contribution in [0.4, 0.5) is 8.78 Å². The summed E-state index contributed by atoms with van der Waals surface area (Å²) in [5, 5.41) is 6.84. The van der Waals surface area contributed by atoms with Gasteiger partial charge in [-0.05, 0) is 43.0 Å². The van der Waals surface area contributed by atoms with Crippen molar-refractivity contribution in [2.75, 3.05) is 20.2 Å². The van der Waals surface area contributed by atoms with Crippen LogP contribution in [0.5, 0.6) is 5.75 Å². The van der Waals surface area contributed by atoms with Gasteiger partial charge in [-0.3, -0.25) is 9.89 Å². The highest BCUT2D eigenvalue weighted by Crippen LogP contribution is 2.20. The molecule has 2 N–H and O–H groups in total. The Morgan fingerprint density at radius 1 is 1.16 bits per heavy atom. The van der Waals surface area contributed by atoms with Crippen LogP contribution in [0.1, 0.15) is 30.9 Å². The van der Waals surface area contributed by atoms with Gasteiger partial charge in [-0.2, -0.15) is 0 Å². The smallest absolute Gasteiger partial charge is 0.272 e. The lowest BCUT2D eigenvalue weighted by Gasteiger charge is -2.38. The van der Waals surface area contributed by atoms with Crippen molar-refractivity contribution in [2.24, 2.45) is 4.99 Å². The predicted octanol–water partition coefficient (Wildman–Crippen LogP) is 4.05. The number of ether oxygens (including phenoxy) is 1. The Labute approximate surface area is 183 Å². The average Bonchev–Trinajstić information content (AvgIpc) is 2.78. The standard InChI is InChI=1S/C24H32F2N4O/c1-18-13-21(11-12-30(18)16-19-7-4-3-5-8-19)29-24(27-2)28-15-20-9-6-10-22(14-20)31-17-23(25)26/h3-10,14,18,21,23H,11-13,15-17H2,1-2H3,(H2,27,28,29). The molecule has 1 heterocycles. The number of guanidine groups is 1. The third-order valence-corrected chi connectivity index (χ3v) is 5.54. The van der Waals surface area contributed by atoms with Crippen molar-refractivity contribution in [3.8, 4) is 5.75 Å². The number of benzene rings is 2. The number of nitrogens with zero attached hydrogens (tertiary/aromatic N) is 2. The van der Waals surface area contributed by atoms with E-state index >= 15 is 0 Å². The van der Waals surface area contributed by atoms with Gasteiger partial charge in [-0.15, -0.1) is 0 Å². The summed E-state index contributed by atoms with van der Waals surface area (Å²) in [6.07, 6.45) is -0.384. The largest absolute Gasteiger partial charge is 0.488 e. The van der Waals surface area contributed by atoms with E-state index in [0.29, 0.717) is 24.4 Å².